The second-order valence-corrected chi connectivity index (χ2v) is 6.74. The Bertz CT molecular complexity index is 1020. The summed E-state index contributed by atoms with van der Waals surface area (Å²) in [4.78, 5) is 27.5. The predicted octanol–water partition coefficient (Wildman–Crippen LogP) is 3.85. The van der Waals surface area contributed by atoms with Crippen LogP contribution in [0.25, 0.3) is 22.3 Å². The van der Waals surface area contributed by atoms with Crippen molar-refractivity contribution < 1.29 is 13.9 Å². The van der Waals surface area contributed by atoms with Crippen LogP contribution in [0.2, 0.25) is 0 Å². The van der Waals surface area contributed by atoms with E-state index in [1.54, 1.807) is 30.0 Å². The highest BCUT2D eigenvalue weighted by Gasteiger charge is 2.27. The molecule has 3 aromatic rings. The van der Waals surface area contributed by atoms with E-state index in [-0.39, 0.29) is 17.1 Å². The summed E-state index contributed by atoms with van der Waals surface area (Å²) in [6.07, 6.45) is 1.26. The van der Waals surface area contributed by atoms with Gasteiger partial charge in [0.05, 0.1) is 5.39 Å². The third kappa shape index (κ3) is 3.33. The zero-order chi connectivity index (χ0) is 18.8. The fourth-order valence-electron chi connectivity index (χ4n) is 3.43. The number of rotatable bonds is 4. The number of para-hydroxylation sites is 1. The summed E-state index contributed by atoms with van der Waals surface area (Å²) in [7, 11) is 0. The molecule has 27 heavy (non-hydrogen) atoms. The van der Waals surface area contributed by atoms with Gasteiger partial charge in [0, 0.05) is 18.7 Å². The van der Waals surface area contributed by atoms with Crippen LogP contribution in [-0.2, 0) is 4.79 Å². The largest absolute Gasteiger partial charge is 0.473 e. The van der Waals surface area contributed by atoms with Gasteiger partial charge in [0.1, 0.15) is 5.58 Å². The Hall–Kier alpha value is -3.08. The first-order valence-electron chi connectivity index (χ1n) is 9.22. The van der Waals surface area contributed by atoms with Crippen molar-refractivity contribution in [2.45, 2.75) is 25.9 Å². The molecule has 1 saturated heterocycles. The third-order valence-electron chi connectivity index (χ3n) is 4.85. The molecule has 5 nitrogen and oxygen atoms in total. The number of amides is 1. The van der Waals surface area contributed by atoms with Gasteiger partial charge in [0.25, 0.3) is 5.91 Å². The van der Waals surface area contributed by atoms with Crippen molar-refractivity contribution in [3.05, 3.63) is 64.8 Å². The molecule has 0 aliphatic carbocycles. The van der Waals surface area contributed by atoms with Gasteiger partial charge < -0.3 is 14.1 Å². The van der Waals surface area contributed by atoms with E-state index in [2.05, 4.69) is 0 Å². The van der Waals surface area contributed by atoms with Crippen LogP contribution in [-0.4, -0.2) is 30.0 Å². The van der Waals surface area contributed by atoms with Crippen molar-refractivity contribution >= 4 is 16.9 Å². The van der Waals surface area contributed by atoms with Gasteiger partial charge in [-0.15, -0.1) is 0 Å². The monoisotopic (exact) mass is 363 g/mol. The van der Waals surface area contributed by atoms with Crippen molar-refractivity contribution in [3.63, 3.8) is 0 Å². The summed E-state index contributed by atoms with van der Waals surface area (Å²) in [5.74, 6) is 0.333. The van der Waals surface area contributed by atoms with Crippen LogP contribution in [0.1, 0.15) is 19.8 Å². The molecule has 1 aromatic heterocycles. The maximum Gasteiger partial charge on any atom is 0.263 e. The van der Waals surface area contributed by atoms with E-state index in [0.717, 1.165) is 31.5 Å². The maximum atomic E-state index is 13.1. The topological polar surface area (TPSA) is 59.8 Å². The van der Waals surface area contributed by atoms with Crippen LogP contribution in [0.5, 0.6) is 5.75 Å². The summed E-state index contributed by atoms with van der Waals surface area (Å²) in [6.45, 7) is 3.17. The average Bonchev–Trinajstić information content (AvgIpc) is 3.25. The molecule has 1 aliphatic rings. The van der Waals surface area contributed by atoms with Gasteiger partial charge in [-0.05, 0) is 31.9 Å². The number of carbonyl (C=O) groups is 1. The smallest absolute Gasteiger partial charge is 0.263 e. The lowest BCUT2D eigenvalue weighted by molar-refractivity contribution is -0.136. The Morgan fingerprint density at radius 3 is 2.44 bits per heavy atom. The summed E-state index contributed by atoms with van der Waals surface area (Å²) in [5, 5.41) is 0.438. The molecule has 1 atom stereocenters. The Labute approximate surface area is 157 Å². The molecule has 0 bridgehead atoms. The zero-order valence-corrected chi connectivity index (χ0v) is 15.2. The van der Waals surface area contributed by atoms with Crippen LogP contribution in [0.3, 0.4) is 0 Å². The van der Waals surface area contributed by atoms with Gasteiger partial charge >= 0.3 is 0 Å². The molecule has 5 heteroatoms. The highest BCUT2D eigenvalue weighted by atomic mass is 16.5. The number of ether oxygens (including phenoxy) is 1. The summed E-state index contributed by atoms with van der Waals surface area (Å²) in [5.41, 5.74) is 0.958. The van der Waals surface area contributed by atoms with Gasteiger partial charge in [-0.2, -0.15) is 0 Å². The first-order valence-corrected chi connectivity index (χ1v) is 9.22. The minimum atomic E-state index is -0.755. The van der Waals surface area contributed by atoms with E-state index in [1.165, 1.54) is 0 Å². The van der Waals surface area contributed by atoms with Crippen molar-refractivity contribution in [3.8, 4) is 17.1 Å². The number of hydrogen-bond donors (Lipinski definition) is 0. The number of fused-ring (bicyclic) bond motifs is 1. The van der Waals surface area contributed by atoms with Gasteiger partial charge in [0.15, 0.2) is 11.9 Å². The van der Waals surface area contributed by atoms with E-state index in [1.807, 2.05) is 36.4 Å². The molecule has 0 radical (unpaired) electrons. The molecular weight excluding hydrogens is 342 g/mol. The fraction of sp³-hybridized carbons (Fsp3) is 0.273. The molecule has 138 valence electrons. The lowest BCUT2D eigenvalue weighted by atomic mass is 10.1. The second-order valence-electron chi connectivity index (χ2n) is 6.74. The minimum Gasteiger partial charge on any atom is -0.473 e. The Morgan fingerprint density at radius 1 is 1.04 bits per heavy atom. The quantitative estimate of drug-likeness (QED) is 0.706. The SMILES string of the molecule is CC(Oc1c(-c2ccccc2)oc2ccccc2c1=O)C(=O)N1CCCC1. The van der Waals surface area contributed by atoms with Crippen LogP contribution in [0, 0.1) is 0 Å². The van der Waals surface area contributed by atoms with Gasteiger partial charge in [-0.25, -0.2) is 0 Å². The summed E-state index contributed by atoms with van der Waals surface area (Å²) in [6, 6.07) is 16.4. The van der Waals surface area contributed by atoms with Crippen LogP contribution in [0.4, 0.5) is 0 Å². The Kier molecular flexibility index (Phi) is 4.67. The van der Waals surface area contributed by atoms with Crippen LogP contribution >= 0.6 is 0 Å². The molecule has 1 amide bonds. The van der Waals surface area contributed by atoms with Crippen molar-refractivity contribution in [2.24, 2.45) is 0 Å². The molecule has 1 unspecified atom stereocenters. The number of nitrogens with zero attached hydrogens (tertiary/aromatic N) is 1. The lowest BCUT2D eigenvalue weighted by Crippen LogP contribution is -2.39. The highest BCUT2D eigenvalue weighted by molar-refractivity contribution is 5.84. The van der Waals surface area contributed by atoms with Crippen molar-refractivity contribution in [2.75, 3.05) is 13.1 Å². The molecule has 1 fully saturated rings. The third-order valence-corrected chi connectivity index (χ3v) is 4.85. The minimum absolute atomic E-state index is 0.0833. The number of carbonyl (C=O) groups excluding carboxylic acids is 1. The molecule has 1 aliphatic heterocycles. The molecule has 0 saturated carbocycles. The summed E-state index contributed by atoms with van der Waals surface area (Å²) >= 11 is 0. The standard InChI is InChI=1S/C22H21NO4/c1-15(22(25)23-13-7-8-14-23)26-21-19(24)17-11-5-6-12-18(17)27-20(21)16-9-3-2-4-10-16/h2-6,9-12,15H,7-8,13-14H2,1H3. The lowest BCUT2D eigenvalue weighted by Gasteiger charge is -2.21. The first-order chi connectivity index (χ1) is 13.1. The zero-order valence-electron chi connectivity index (χ0n) is 15.2. The van der Waals surface area contributed by atoms with E-state index in [0.29, 0.717) is 16.7 Å². The fourth-order valence-corrected chi connectivity index (χ4v) is 3.43. The van der Waals surface area contributed by atoms with Crippen LogP contribution in [0.15, 0.2) is 63.8 Å². The highest BCUT2D eigenvalue weighted by Crippen LogP contribution is 2.31. The molecule has 4 rings (SSSR count). The van der Waals surface area contributed by atoms with Crippen molar-refractivity contribution in [1.29, 1.82) is 0 Å². The molecule has 0 spiro atoms. The van der Waals surface area contributed by atoms with E-state index in [4.69, 9.17) is 9.15 Å². The molecule has 0 N–H and O–H groups in total. The molecule has 2 aromatic carbocycles. The average molecular weight is 363 g/mol. The Morgan fingerprint density at radius 2 is 1.70 bits per heavy atom. The van der Waals surface area contributed by atoms with Gasteiger partial charge in [-0.3, -0.25) is 9.59 Å². The maximum absolute atomic E-state index is 13.1. The van der Waals surface area contributed by atoms with Crippen LogP contribution < -0.4 is 10.2 Å². The second kappa shape index (κ2) is 7.27. The van der Waals surface area contributed by atoms with E-state index >= 15 is 0 Å². The predicted molar refractivity (Wildman–Crippen MR) is 104 cm³/mol. The normalized spacial score (nSPS) is 15.1. The Balaban J connectivity index is 1.79. The summed E-state index contributed by atoms with van der Waals surface area (Å²) < 4.78 is 11.9. The number of hydrogen-bond acceptors (Lipinski definition) is 4. The van der Waals surface area contributed by atoms with Gasteiger partial charge in [-0.1, -0.05) is 42.5 Å². The number of benzene rings is 2. The van der Waals surface area contributed by atoms with Crippen molar-refractivity contribution in [1.82, 2.24) is 4.90 Å². The van der Waals surface area contributed by atoms with E-state index in [9.17, 15) is 9.59 Å². The number of likely N-dealkylation sites (tertiary alicyclic amines) is 1. The molecule has 2 heterocycles. The van der Waals surface area contributed by atoms with Gasteiger partial charge in [0.2, 0.25) is 11.2 Å². The first kappa shape index (κ1) is 17.3. The molecular formula is C22H21NO4. The van der Waals surface area contributed by atoms with E-state index < -0.39 is 6.10 Å².